The van der Waals surface area contributed by atoms with Gasteiger partial charge in [-0.2, -0.15) is 0 Å². The molecule has 0 atom stereocenters. The standard InChI is InChI=1S/C16H19N3O2S/c1-12-11-22-16(17-12)19-8-6-18(7-9-19)10-13-2-4-14(5-3-13)15(20)21/h2-5,11H,6-10H2,1H3,(H,20,21). The molecule has 2 heterocycles. The first-order valence-electron chi connectivity index (χ1n) is 7.33. The number of carboxylic acid groups (broad SMARTS) is 1. The van der Waals surface area contributed by atoms with E-state index in [1.807, 2.05) is 19.1 Å². The fourth-order valence-electron chi connectivity index (χ4n) is 2.59. The molecule has 1 aliphatic heterocycles. The normalized spacial score (nSPS) is 16.0. The SMILES string of the molecule is Cc1csc(N2CCN(Cc3ccc(C(=O)O)cc3)CC2)n1. The molecule has 3 rings (SSSR count). The van der Waals surface area contributed by atoms with Crippen LogP contribution in [0.5, 0.6) is 0 Å². The van der Waals surface area contributed by atoms with Crippen LogP contribution in [0.15, 0.2) is 29.6 Å². The molecule has 22 heavy (non-hydrogen) atoms. The molecule has 1 aliphatic rings. The number of rotatable bonds is 4. The van der Waals surface area contributed by atoms with E-state index >= 15 is 0 Å². The van der Waals surface area contributed by atoms with Gasteiger partial charge >= 0.3 is 5.97 Å². The zero-order chi connectivity index (χ0) is 15.5. The largest absolute Gasteiger partial charge is 0.478 e. The van der Waals surface area contributed by atoms with Crippen molar-refractivity contribution >= 4 is 22.4 Å². The van der Waals surface area contributed by atoms with Crippen LogP contribution in [0.1, 0.15) is 21.6 Å². The molecule has 1 aromatic heterocycles. The molecular weight excluding hydrogens is 298 g/mol. The van der Waals surface area contributed by atoms with Crippen LogP contribution < -0.4 is 4.90 Å². The van der Waals surface area contributed by atoms with Crippen LogP contribution >= 0.6 is 11.3 Å². The number of benzene rings is 1. The van der Waals surface area contributed by atoms with Crippen molar-refractivity contribution in [3.63, 3.8) is 0 Å². The minimum atomic E-state index is -0.876. The van der Waals surface area contributed by atoms with Crippen molar-refractivity contribution in [2.45, 2.75) is 13.5 Å². The van der Waals surface area contributed by atoms with Crippen molar-refractivity contribution in [3.05, 3.63) is 46.5 Å². The zero-order valence-electron chi connectivity index (χ0n) is 12.5. The number of hydrogen-bond donors (Lipinski definition) is 1. The first-order valence-corrected chi connectivity index (χ1v) is 8.21. The molecule has 1 aromatic carbocycles. The first kappa shape index (κ1) is 15.0. The van der Waals surface area contributed by atoms with Gasteiger partial charge in [0.15, 0.2) is 5.13 Å². The third-order valence-corrected chi connectivity index (χ3v) is 4.88. The maximum atomic E-state index is 10.9. The monoisotopic (exact) mass is 317 g/mol. The van der Waals surface area contributed by atoms with Crippen LogP contribution in [0.25, 0.3) is 0 Å². The Morgan fingerprint density at radius 2 is 1.91 bits per heavy atom. The lowest BCUT2D eigenvalue weighted by molar-refractivity contribution is 0.0697. The summed E-state index contributed by atoms with van der Waals surface area (Å²) < 4.78 is 0. The highest BCUT2D eigenvalue weighted by Gasteiger charge is 2.19. The molecule has 1 fully saturated rings. The van der Waals surface area contributed by atoms with E-state index in [4.69, 9.17) is 5.11 Å². The lowest BCUT2D eigenvalue weighted by atomic mass is 10.1. The number of carboxylic acids is 1. The van der Waals surface area contributed by atoms with Gasteiger partial charge in [0.1, 0.15) is 0 Å². The van der Waals surface area contributed by atoms with E-state index in [0.29, 0.717) is 5.56 Å². The van der Waals surface area contributed by atoms with E-state index in [1.54, 1.807) is 23.5 Å². The molecule has 116 valence electrons. The number of piperazine rings is 1. The molecule has 0 amide bonds. The lowest BCUT2D eigenvalue weighted by Crippen LogP contribution is -2.45. The fourth-order valence-corrected chi connectivity index (χ4v) is 3.45. The van der Waals surface area contributed by atoms with Crippen LogP contribution in [0.4, 0.5) is 5.13 Å². The summed E-state index contributed by atoms with van der Waals surface area (Å²) in [5.74, 6) is -0.876. The van der Waals surface area contributed by atoms with Crippen LogP contribution in [0.3, 0.4) is 0 Å². The number of aromatic carboxylic acids is 1. The van der Waals surface area contributed by atoms with Gasteiger partial charge in [-0.1, -0.05) is 12.1 Å². The van der Waals surface area contributed by atoms with E-state index in [0.717, 1.165) is 49.1 Å². The number of carbonyl (C=O) groups is 1. The van der Waals surface area contributed by atoms with E-state index in [-0.39, 0.29) is 0 Å². The van der Waals surface area contributed by atoms with E-state index in [1.165, 1.54) is 0 Å². The highest BCUT2D eigenvalue weighted by atomic mass is 32.1. The van der Waals surface area contributed by atoms with Crippen LogP contribution in [0.2, 0.25) is 0 Å². The Morgan fingerprint density at radius 3 is 2.45 bits per heavy atom. The molecule has 5 nitrogen and oxygen atoms in total. The van der Waals surface area contributed by atoms with Gasteiger partial charge < -0.3 is 10.0 Å². The predicted octanol–water partition coefficient (Wildman–Crippen LogP) is 2.47. The van der Waals surface area contributed by atoms with Crippen molar-refractivity contribution in [2.24, 2.45) is 0 Å². The lowest BCUT2D eigenvalue weighted by Gasteiger charge is -2.34. The Labute approximate surface area is 133 Å². The topological polar surface area (TPSA) is 56.7 Å². The Morgan fingerprint density at radius 1 is 1.23 bits per heavy atom. The average molecular weight is 317 g/mol. The molecule has 1 saturated heterocycles. The highest BCUT2D eigenvalue weighted by Crippen LogP contribution is 2.21. The number of thiazole rings is 1. The number of anilines is 1. The Hall–Kier alpha value is -1.92. The van der Waals surface area contributed by atoms with Gasteiger partial charge in [0.05, 0.1) is 11.3 Å². The molecule has 2 aromatic rings. The minimum absolute atomic E-state index is 0.340. The second-order valence-electron chi connectivity index (χ2n) is 5.54. The number of nitrogens with zero attached hydrogens (tertiary/aromatic N) is 3. The van der Waals surface area contributed by atoms with Crippen LogP contribution in [0, 0.1) is 6.92 Å². The molecule has 0 saturated carbocycles. The molecular formula is C16H19N3O2S. The van der Waals surface area contributed by atoms with Crippen LogP contribution in [-0.4, -0.2) is 47.1 Å². The molecule has 1 N–H and O–H groups in total. The second-order valence-corrected chi connectivity index (χ2v) is 6.37. The van der Waals surface area contributed by atoms with Gasteiger partial charge in [-0.25, -0.2) is 9.78 Å². The number of aromatic nitrogens is 1. The summed E-state index contributed by atoms with van der Waals surface area (Å²) in [4.78, 5) is 20.1. The summed E-state index contributed by atoms with van der Waals surface area (Å²) in [6.45, 7) is 6.86. The zero-order valence-corrected chi connectivity index (χ0v) is 13.3. The third kappa shape index (κ3) is 3.45. The van der Waals surface area contributed by atoms with Crippen LogP contribution in [-0.2, 0) is 6.54 Å². The van der Waals surface area contributed by atoms with Crippen molar-refractivity contribution in [3.8, 4) is 0 Å². The Bertz CT molecular complexity index is 646. The van der Waals surface area contributed by atoms with E-state index in [9.17, 15) is 4.79 Å². The number of hydrogen-bond acceptors (Lipinski definition) is 5. The maximum absolute atomic E-state index is 10.9. The summed E-state index contributed by atoms with van der Waals surface area (Å²) in [5.41, 5.74) is 2.58. The predicted molar refractivity (Wildman–Crippen MR) is 87.7 cm³/mol. The smallest absolute Gasteiger partial charge is 0.335 e. The molecule has 0 spiro atoms. The molecule has 6 heteroatoms. The van der Waals surface area contributed by atoms with Gasteiger partial charge in [-0.15, -0.1) is 11.3 Å². The summed E-state index contributed by atoms with van der Waals surface area (Å²) >= 11 is 1.71. The van der Waals surface area contributed by atoms with E-state index in [2.05, 4.69) is 20.2 Å². The average Bonchev–Trinajstić information content (AvgIpc) is 2.95. The summed E-state index contributed by atoms with van der Waals surface area (Å²) in [6, 6.07) is 7.15. The maximum Gasteiger partial charge on any atom is 0.335 e. The number of aryl methyl sites for hydroxylation is 1. The van der Waals surface area contributed by atoms with Gasteiger partial charge in [0.25, 0.3) is 0 Å². The molecule has 0 unspecified atom stereocenters. The van der Waals surface area contributed by atoms with Crippen molar-refractivity contribution < 1.29 is 9.90 Å². The molecule has 0 aliphatic carbocycles. The third-order valence-electron chi connectivity index (χ3n) is 3.86. The minimum Gasteiger partial charge on any atom is -0.478 e. The summed E-state index contributed by atoms with van der Waals surface area (Å²) in [5, 5.41) is 12.1. The van der Waals surface area contributed by atoms with Crippen molar-refractivity contribution in [1.29, 1.82) is 0 Å². The summed E-state index contributed by atoms with van der Waals surface area (Å²) in [6.07, 6.45) is 0. The van der Waals surface area contributed by atoms with E-state index < -0.39 is 5.97 Å². The van der Waals surface area contributed by atoms with Crippen molar-refractivity contribution in [1.82, 2.24) is 9.88 Å². The molecule has 0 bridgehead atoms. The quantitative estimate of drug-likeness (QED) is 0.939. The van der Waals surface area contributed by atoms with Gasteiger partial charge in [0.2, 0.25) is 0 Å². The Kier molecular flexibility index (Phi) is 4.40. The van der Waals surface area contributed by atoms with Gasteiger partial charge in [0, 0.05) is 38.1 Å². The van der Waals surface area contributed by atoms with Gasteiger partial charge in [-0.3, -0.25) is 4.90 Å². The molecule has 0 radical (unpaired) electrons. The second kappa shape index (κ2) is 6.46. The van der Waals surface area contributed by atoms with Crippen molar-refractivity contribution in [2.75, 3.05) is 31.1 Å². The van der Waals surface area contributed by atoms with Gasteiger partial charge in [-0.05, 0) is 24.6 Å². The fraction of sp³-hybridized carbons (Fsp3) is 0.375. The highest BCUT2D eigenvalue weighted by molar-refractivity contribution is 7.13. The first-order chi connectivity index (χ1) is 10.6. The summed E-state index contributed by atoms with van der Waals surface area (Å²) in [7, 11) is 0. The Balaban J connectivity index is 1.54.